The molecule has 0 saturated carbocycles. The Kier molecular flexibility index (Phi) is 3.17. The fourth-order valence-corrected chi connectivity index (χ4v) is 1.69. The molecule has 0 aliphatic rings. The highest BCUT2D eigenvalue weighted by molar-refractivity contribution is 9.10. The maximum absolute atomic E-state index is 10.4. The minimum atomic E-state index is -0.901. The van der Waals surface area contributed by atoms with Crippen LogP contribution >= 0.6 is 27.5 Å². The van der Waals surface area contributed by atoms with Gasteiger partial charge < -0.3 is 10.8 Å². The number of nitrogens with two attached hydrogens (primary N) is 1. The summed E-state index contributed by atoms with van der Waals surface area (Å²) in [7, 11) is 0. The predicted octanol–water partition coefficient (Wildman–Crippen LogP) is 2.31. The van der Waals surface area contributed by atoms with Gasteiger partial charge in [0.1, 0.15) is 0 Å². The number of carboxylic acids is 1. The van der Waals surface area contributed by atoms with Crippen LogP contribution in [0.25, 0.3) is 0 Å². The number of carbonyl (C=O) groups is 1. The van der Waals surface area contributed by atoms with E-state index in [9.17, 15) is 4.79 Å². The molecule has 1 rings (SSSR count). The van der Waals surface area contributed by atoms with Crippen LogP contribution in [0.1, 0.15) is 5.56 Å². The van der Waals surface area contributed by atoms with E-state index in [1.807, 2.05) is 0 Å². The van der Waals surface area contributed by atoms with E-state index in [0.717, 1.165) is 0 Å². The van der Waals surface area contributed by atoms with E-state index in [1.54, 1.807) is 12.1 Å². The zero-order valence-corrected chi connectivity index (χ0v) is 8.89. The number of anilines is 1. The third kappa shape index (κ3) is 2.60. The average Bonchev–Trinajstić information content (AvgIpc) is 1.99. The Morgan fingerprint density at radius 1 is 1.62 bits per heavy atom. The van der Waals surface area contributed by atoms with Crippen molar-refractivity contribution >= 4 is 39.2 Å². The first-order valence-electron chi connectivity index (χ1n) is 3.46. The number of hydrogen-bond acceptors (Lipinski definition) is 2. The van der Waals surface area contributed by atoms with Crippen LogP contribution in [0.2, 0.25) is 5.02 Å². The number of rotatable bonds is 2. The van der Waals surface area contributed by atoms with E-state index in [2.05, 4.69) is 15.9 Å². The zero-order chi connectivity index (χ0) is 10.0. The lowest BCUT2D eigenvalue weighted by Crippen LogP contribution is -2.02. The van der Waals surface area contributed by atoms with Crippen LogP contribution in [-0.2, 0) is 11.2 Å². The van der Waals surface area contributed by atoms with Gasteiger partial charge in [0.15, 0.2) is 0 Å². The van der Waals surface area contributed by atoms with Crippen molar-refractivity contribution in [2.75, 3.05) is 5.73 Å². The first-order valence-corrected chi connectivity index (χ1v) is 4.63. The quantitative estimate of drug-likeness (QED) is 0.806. The van der Waals surface area contributed by atoms with Gasteiger partial charge in [-0.1, -0.05) is 27.5 Å². The number of halogens is 2. The lowest BCUT2D eigenvalue weighted by Gasteiger charge is -2.04. The minimum Gasteiger partial charge on any atom is -0.481 e. The van der Waals surface area contributed by atoms with E-state index in [4.69, 9.17) is 22.4 Å². The smallest absolute Gasteiger partial charge is 0.307 e. The average molecular weight is 265 g/mol. The van der Waals surface area contributed by atoms with Gasteiger partial charge >= 0.3 is 5.97 Å². The molecule has 1 aromatic carbocycles. The molecule has 0 fully saturated rings. The molecule has 0 radical (unpaired) electrons. The second kappa shape index (κ2) is 3.98. The summed E-state index contributed by atoms with van der Waals surface area (Å²) >= 11 is 8.93. The summed E-state index contributed by atoms with van der Waals surface area (Å²) in [4.78, 5) is 10.4. The second-order valence-corrected chi connectivity index (χ2v) is 3.80. The molecule has 3 N–H and O–H groups in total. The molecule has 3 nitrogen and oxygen atoms in total. The highest BCUT2D eigenvalue weighted by Crippen LogP contribution is 2.27. The molecular formula is C8H7BrClNO2. The molecule has 5 heteroatoms. The van der Waals surface area contributed by atoms with E-state index in [1.165, 1.54) is 0 Å². The van der Waals surface area contributed by atoms with Crippen molar-refractivity contribution in [2.45, 2.75) is 6.42 Å². The summed E-state index contributed by atoms with van der Waals surface area (Å²) in [5.41, 5.74) is 6.53. The van der Waals surface area contributed by atoms with E-state index in [-0.39, 0.29) is 6.42 Å². The first-order chi connectivity index (χ1) is 6.00. The maximum Gasteiger partial charge on any atom is 0.307 e. The maximum atomic E-state index is 10.4. The Labute approximate surface area is 88.6 Å². The number of aliphatic carboxylic acids is 1. The number of benzene rings is 1. The summed E-state index contributed by atoms with van der Waals surface area (Å²) < 4.78 is 0.661. The first kappa shape index (κ1) is 10.3. The molecule has 1 aromatic rings. The summed E-state index contributed by atoms with van der Waals surface area (Å²) in [5.74, 6) is -0.901. The van der Waals surface area contributed by atoms with Gasteiger partial charge in [-0.25, -0.2) is 0 Å². The molecule has 0 heterocycles. The van der Waals surface area contributed by atoms with Gasteiger partial charge in [0, 0.05) is 4.47 Å². The molecule has 0 atom stereocenters. The summed E-state index contributed by atoms with van der Waals surface area (Å²) in [6.45, 7) is 0. The molecule has 0 aliphatic heterocycles. The zero-order valence-electron chi connectivity index (χ0n) is 6.55. The molecule has 13 heavy (non-hydrogen) atoms. The molecule has 0 aromatic heterocycles. The van der Waals surface area contributed by atoms with Gasteiger partial charge in [-0.2, -0.15) is 0 Å². The van der Waals surface area contributed by atoms with Gasteiger partial charge in [-0.3, -0.25) is 4.79 Å². The van der Waals surface area contributed by atoms with Crippen LogP contribution in [0.15, 0.2) is 16.6 Å². The molecule has 70 valence electrons. The van der Waals surface area contributed by atoms with Crippen molar-refractivity contribution in [1.82, 2.24) is 0 Å². The van der Waals surface area contributed by atoms with Crippen molar-refractivity contribution in [3.8, 4) is 0 Å². The van der Waals surface area contributed by atoms with Gasteiger partial charge in [0.25, 0.3) is 0 Å². The highest BCUT2D eigenvalue weighted by atomic mass is 79.9. The Balaban J connectivity index is 3.08. The molecule has 0 aliphatic carbocycles. The van der Waals surface area contributed by atoms with Crippen LogP contribution in [-0.4, -0.2) is 11.1 Å². The highest BCUT2D eigenvalue weighted by Gasteiger charge is 2.07. The van der Waals surface area contributed by atoms with Crippen LogP contribution in [0.4, 0.5) is 5.69 Å². The number of hydrogen-bond donors (Lipinski definition) is 2. The molecule has 0 amide bonds. The topological polar surface area (TPSA) is 63.3 Å². The van der Waals surface area contributed by atoms with Crippen molar-refractivity contribution in [1.29, 1.82) is 0 Å². The molecule has 0 spiro atoms. The Hall–Kier alpha value is -0.740. The summed E-state index contributed by atoms with van der Waals surface area (Å²) in [5, 5.41) is 8.97. The van der Waals surface area contributed by atoms with Crippen LogP contribution in [0.5, 0.6) is 0 Å². The van der Waals surface area contributed by atoms with E-state index >= 15 is 0 Å². The van der Waals surface area contributed by atoms with Crippen molar-refractivity contribution in [3.05, 3.63) is 27.2 Å². The van der Waals surface area contributed by atoms with E-state index in [0.29, 0.717) is 20.7 Å². The van der Waals surface area contributed by atoms with E-state index < -0.39 is 5.97 Å². The summed E-state index contributed by atoms with van der Waals surface area (Å²) in [6.07, 6.45) is -0.0675. The lowest BCUT2D eigenvalue weighted by atomic mass is 10.1. The normalized spacial score (nSPS) is 10.0. The fourth-order valence-electron chi connectivity index (χ4n) is 0.911. The Morgan fingerprint density at radius 3 is 2.77 bits per heavy atom. The van der Waals surface area contributed by atoms with Gasteiger partial charge in [-0.05, 0) is 17.7 Å². The van der Waals surface area contributed by atoms with Gasteiger partial charge in [-0.15, -0.1) is 0 Å². The monoisotopic (exact) mass is 263 g/mol. The molecular weight excluding hydrogens is 257 g/mol. The van der Waals surface area contributed by atoms with Crippen molar-refractivity contribution in [3.63, 3.8) is 0 Å². The number of nitrogen functional groups attached to an aromatic ring is 1. The standard InChI is InChI=1S/C8H7BrClNO2/c9-5-3-6(10)7(11)1-4(5)2-8(12)13/h1,3H,2,11H2,(H,12,13). The third-order valence-corrected chi connectivity index (χ3v) is 2.57. The molecule has 0 bridgehead atoms. The Morgan fingerprint density at radius 2 is 2.23 bits per heavy atom. The summed E-state index contributed by atoms with van der Waals surface area (Å²) in [6, 6.07) is 3.15. The Bertz CT molecular complexity index is 354. The minimum absolute atomic E-state index is 0.0675. The van der Waals surface area contributed by atoms with Crippen molar-refractivity contribution < 1.29 is 9.90 Å². The van der Waals surface area contributed by atoms with Crippen LogP contribution < -0.4 is 5.73 Å². The number of carboxylic acid groups (broad SMARTS) is 1. The van der Waals surface area contributed by atoms with Crippen LogP contribution in [0.3, 0.4) is 0 Å². The van der Waals surface area contributed by atoms with Crippen molar-refractivity contribution in [2.24, 2.45) is 0 Å². The molecule has 0 unspecified atom stereocenters. The van der Waals surface area contributed by atoms with Crippen LogP contribution in [0, 0.1) is 0 Å². The third-order valence-electron chi connectivity index (χ3n) is 1.51. The lowest BCUT2D eigenvalue weighted by molar-refractivity contribution is -0.136. The largest absolute Gasteiger partial charge is 0.481 e. The SMILES string of the molecule is Nc1cc(CC(=O)O)c(Br)cc1Cl. The second-order valence-electron chi connectivity index (χ2n) is 2.54. The van der Waals surface area contributed by atoms with Gasteiger partial charge in [0.2, 0.25) is 0 Å². The molecule has 0 saturated heterocycles. The predicted molar refractivity (Wildman–Crippen MR) is 54.9 cm³/mol. The fraction of sp³-hybridized carbons (Fsp3) is 0.125. The van der Waals surface area contributed by atoms with Gasteiger partial charge in [0.05, 0.1) is 17.1 Å².